The smallest absolute Gasteiger partial charge is 0.256 e. The normalized spacial score (nSPS) is 10.8. The summed E-state index contributed by atoms with van der Waals surface area (Å²) < 4.78 is 10.5. The summed E-state index contributed by atoms with van der Waals surface area (Å²) in [6.45, 7) is 4.13. The van der Waals surface area contributed by atoms with Crippen molar-refractivity contribution in [3.05, 3.63) is 59.8 Å². The van der Waals surface area contributed by atoms with Crippen LogP contribution in [0, 0.1) is 0 Å². The number of hydrogen-bond acceptors (Lipinski definition) is 4. The van der Waals surface area contributed by atoms with Crippen molar-refractivity contribution < 1.29 is 14.3 Å². The zero-order valence-electron chi connectivity index (χ0n) is 15.4. The van der Waals surface area contributed by atoms with Gasteiger partial charge in [-0.25, -0.2) is 0 Å². The average molecular weight is 350 g/mol. The summed E-state index contributed by atoms with van der Waals surface area (Å²) in [5, 5.41) is 3.77. The number of nitrogens with zero attached hydrogens (tertiary/aromatic N) is 1. The Labute approximate surface area is 153 Å². The molecule has 3 rings (SSSR count). The minimum atomic E-state index is -0.183. The molecule has 1 heterocycles. The van der Waals surface area contributed by atoms with Crippen LogP contribution >= 0.6 is 0 Å². The lowest BCUT2D eigenvalue weighted by Crippen LogP contribution is -2.14. The summed E-state index contributed by atoms with van der Waals surface area (Å²) in [4.78, 5) is 17.6. The predicted octanol–water partition coefficient (Wildman–Crippen LogP) is 4.63. The van der Waals surface area contributed by atoms with Gasteiger partial charge in [0, 0.05) is 22.8 Å². The van der Waals surface area contributed by atoms with Gasteiger partial charge >= 0.3 is 0 Å². The van der Waals surface area contributed by atoms with E-state index >= 15 is 0 Å². The number of aromatic nitrogens is 1. The third-order valence-electron chi connectivity index (χ3n) is 4.21. The zero-order valence-corrected chi connectivity index (χ0v) is 15.4. The van der Waals surface area contributed by atoms with Crippen molar-refractivity contribution in [2.75, 3.05) is 19.5 Å². The van der Waals surface area contributed by atoms with E-state index < -0.39 is 0 Å². The van der Waals surface area contributed by atoms with Gasteiger partial charge in [-0.2, -0.15) is 0 Å². The van der Waals surface area contributed by atoms with Gasteiger partial charge in [0.2, 0.25) is 0 Å². The maximum absolute atomic E-state index is 12.9. The van der Waals surface area contributed by atoms with Gasteiger partial charge in [0.25, 0.3) is 5.91 Å². The molecule has 0 aliphatic heterocycles. The molecule has 0 spiro atoms. The second kappa shape index (κ2) is 7.44. The Balaban J connectivity index is 2.00. The van der Waals surface area contributed by atoms with Crippen LogP contribution in [0.25, 0.3) is 10.9 Å². The van der Waals surface area contributed by atoms with Crippen LogP contribution in [-0.2, 0) is 0 Å². The fourth-order valence-corrected chi connectivity index (χ4v) is 2.79. The van der Waals surface area contributed by atoms with Gasteiger partial charge in [-0.1, -0.05) is 32.0 Å². The molecule has 0 aliphatic carbocycles. The van der Waals surface area contributed by atoms with E-state index in [0.717, 1.165) is 16.6 Å². The molecule has 5 heteroatoms. The topological polar surface area (TPSA) is 60.5 Å². The van der Waals surface area contributed by atoms with Gasteiger partial charge in [0.1, 0.15) is 0 Å². The number of methoxy groups -OCH3 is 2. The fraction of sp³-hybridized carbons (Fsp3) is 0.238. The van der Waals surface area contributed by atoms with E-state index in [9.17, 15) is 4.79 Å². The first kappa shape index (κ1) is 17.7. The van der Waals surface area contributed by atoms with E-state index in [1.54, 1.807) is 32.4 Å². The molecule has 0 bridgehead atoms. The molecule has 134 valence electrons. The van der Waals surface area contributed by atoms with Gasteiger partial charge < -0.3 is 14.8 Å². The Morgan fingerprint density at radius 1 is 1.00 bits per heavy atom. The third-order valence-corrected chi connectivity index (χ3v) is 4.21. The molecular formula is C21H22N2O3. The second-order valence-corrected chi connectivity index (χ2v) is 6.29. The second-order valence-electron chi connectivity index (χ2n) is 6.29. The van der Waals surface area contributed by atoms with Crippen LogP contribution in [0.3, 0.4) is 0 Å². The van der Waals surface area contributed by atoms with Crippen LogP contribution < -0.4 is 14.8 Å². The Bertz CT molecular complexity index is 951. The van der Waals surface area contributed by atoms with E-state index in [1.807, 2.05) is 30.3 Å². The number of fused-ring (bicyclic) bond motifs is 1. The lowest BCUT2D eigenvalue weighted by atomic mass is 10.0. The van der Waals surface area contributed by atoms with Gasteiger partial charge in [-0.05, 0) is 30.2 Å². The van der Waals surface area contributed by atoms with Crippen molar-refractivity contribution in [3.8, 4) is 11.5 Å². The maximum Gasteiger partial charge on any atom is 0.256 e. The largest absolute Gasteiger partial charge is 0.493 e. The summed E-state index contributed by atoms with van der Waals surface area (Å²) in [5.41, 5.74) is 2.95. The standard InChI is InChI=1S/C21H22N2O3/c1-13(2)18-12-16(15-7-5-6-8-17(15)23-18)21(24)22-14-9-10-19(25-3)20(11-14)26-4/h5-13H,1-4H3,(H,22,24). The predicted molar refractivity (Wildman–Crippen MR) is 103 cm³/mol. The molecule has 0 aliphatic rings. The molecule has 0 saturated carbocycles. The van der Waals surface area contributed by atoms with E-state index in [2.05, 4.69) is 24.1 Å². The lowest BCUT2D eigenvalue weighted by Gasteiger charge is -2.13. The highest BCUT2D eigenvalue weighted by atomic mass is 16.5. The van der Waals surface area contributed by atoms with Gasteiger partial charge in [-0.15, -0.1) is 0 Å². The number of rotatable bonds is 5. The number of pyridine rings is 1. The van der Waals surface area contributed by atoms with Crippen LogP contribution in [-0.4, -0.2) is 25.1 Å². The van der Waals surface area contributed by atoms with Crippen LogP contribution in [0.2, 0.25) is 0 Å². The third kappa shape index (κ3) is 3.47. The van der Waals surface area contributed by atoms with Crippen LogP contribution in [0.4, 0.5) is 5.69 Å². The van der Waals surface area contributed by atoms with Crippen molar-refractivity contribution in [2.45, 2.75) is 19.8 Å². The van der Waals surface area contributed by atoms with E-state index in [-0.39, 0.29) is 11.8 Å². The number of carbonyl (C=O) groups is 1. The van der Waals surface area contributed by atoms with Crippen LogP contribution in [0.1, 0.15) is 35.8 Å². The summed E-state index contributed by atoms with van der Waals surface area (Å²) in [6, 6.07) is 14.8. The molecule has 5 nitrogen and oxygen atoms in total. The first-order chi connectivity index (χ1) is 12.5. The highest BCUT2D eigenvalue weighted by Crippen LogP contribution is 2.30. The lowest BCUT2D eigenvalue weighted by molar-refractivity contribution is 0.102. The molecule has 0 saturated heterocycles. The van der Waals surface area contributed by atoms with Crippen molar-refractivity contribution >= 4 is 22.5 Å². The Morgan fingerprint density at radius 3 is 2.42 bits per heavy atom. The molecule has 2 aromatic carbocycles. The highest BCUT2D eigenvalue weighted by Gasteiger charge is 2.15. The van der Waals surface area contributed by atoms with Crippen LogP contribution in [0.15, 0.2) is 48.5 Å². The summed E-state index contributed by atoms with van der Waals surface area (Å²) in [7, 11) is 3.14. The molecule has 3 aromatic rings. The molecular weight excluding hydrogens is 328 g/mol. The molecule has 26 heavy (non-hydrogen) atoms. The molecule has 0 fully saturated rings. The van der Waals surface area contributed by atoms with Crippen molar-refractivity contribution in [3.63, 3.8) is 0 Å². The number of hydrogen-bond donors (Lipinski definition) is 1. The van der Waals surface area contributed by atoms with Crippen molar-refractivity contribution in [1.29, 1.82) is 0 Å². The molecule has 0 unspecified atom stereocenters. The number of amides is 1. The molecule has 1 amide bonds. The number of anilines is 1. The minimum Gasteiger partial charge on any atom is -0.493 e. The summed E-state index contributed by atoms with van der Waals surface area (Å²) in [5.74, 6) is 1.22. The summed E-state index contributed by atoms with van der Waals surface area (Å²) in [6.07, 6.45) is 0. The highest BCUT2D eigenvalue weighted by molar-refractivity contribution is 6.12. The van der Waals surface area contributed by atoms with E-state index in [0.29, 0.717) is 22.7 Å². The quantitative estimate of drug-likeness (QED) is 0.729. The SMILES string of the molecule is COc1ccc(NC(=O)c2cc(C(C)C)nc3ccccc23)cc1OC. The fourth-order valence-electron chi connectivity index (χ4n) is 2.79. The Kier molecular flexibility index (Phi) is 5.07. The van der Waals surface area contributed by atoms with E-state index in [1.165, 1.54) is 0 Å². The van der Waals surface area contributed by atoms with E-state index in [4.69, 9.17) is 9.47 Å². The number of benzene rings is 2. The van der Waals surface area contributed by atoms with Crippen LogP contribution in [0.5, 0.6) is 11.5 Å². The molecule has 0 radical (unpaired) electrons. The molecule has 1 N–H and O–H groups in total. The Hall–Kier alpha value is -3.08. The number of nitrogens with one attached hydrogen (secondary N) is 1. The molecule has 0 atom stereocenters. The zero-order chi connectivity index (χ0) is 18.7. The minimum absolute atomic E-state index is 0.183. The number of carbonyl (C=O) groups excluding carboxylic acids is 1. The first-order valence-corrected chi connectivity index (χ1v) is 8.46. The number of para-hydroxylation sites is 1. The van der Waals surface area contributed by atoms with Gasteiger partial charge in [-0.3, -0.25) is 9.78 Å². The Morgan fingerprint density at radius 2 is 1.73 bits per heavy atom. The molecule has 1 aromatic heterocycles. The first-order valence-electron chi connectivity index (χ1n) is 8.46. The van der Waals surface area contributed by atoms with Gasteiger partial charge in [0.05, 0.1) is 25.3 Å². The van der Waals surface area contributed by atoms with Crippen molar-refractivity contribution in [2.24, 2.45) is 0 Å². The number of ether oxygens (including phenoxy) is 2. The average Bonchev–Trinajstić information content (AvgIpc) is 2.66. The van der Waals surface area contributed by atoms with Crippen molar-refractivity contribution in [1.82, 2.24) is 4.98 Å². The summed E-state index contributed by atoms with van der Waals surface area (Å²) >= 11 is 0. The van der Waals surface area contributed by atoms with Gasteiger partial charge in [0.15, 0.2) is 11.5 Å². The maximum atomic E-state index is 12.9. The monoisotopic (exact) mass is 350 g/mol.